The van der Waals surface area contributed by atoms with Crippen LogP contribution >= 0.6 is 11.3 Å². The Labute approximate surface area is 161 Å². The molecule has 3 rings (SSSR count). The number of carbonyl (C=O) groups excluding carboxylic acids is 1. The fourth-order valence-corrected chi connectivity index (χ4v) is 4.67. The fourth-order valence-electron chi connectivity index (χ4n) is 2.49. The third-order valence-electron chi connectivity index (χ3n) is 3.72. The van der Waals surface area contributed by atoms with Crippen LogP contribution in [0.3, 0.4) is 0 Å². The van der Waals surface area contributed by atoms with Gasteiger partial charge in [0.1, 0.15) is 11.3 Å². The molecule has 0 fully saturated rings. The molecule has 0 saturated heterocycles. The number of rotatable bonds is 7. The average Bonchev–Trinajstić information content (AvgIpc) is 3.03. The van der Waals surface area contributed by atoms with E-state index in [4.69, 9.17) is 4.74 Å². The molecular weight excluding hydrogens is 386 g/mol. The van der Waals surface area contributed by atoms with Crippen molar-refractivity contribution in [1.29, 1.82) is 0 Å². The highest BCUT2D eigenvalue weighted by molar-refractivity contribution is 7.93. The average molecular weight is 406 g/mol. The molecule has 0 saturated carbocycles. The molecule has 0 radical (unpaired) electrons. The number of carbonyl (C=O) groups is 1. The molecule has 0 aliphatic carbocycles. The number of methoxy groups -OCH3 is 1. The minimum Gasteiger partial charge on any atom is -0.494 e. The third-order valence-corrected chi connectivity index (χ3v) is 6.12. The van der Waals surface area contributed by atoms with Crippen LogP contribution in [-0.4, -0.2) is 26.4 Å². The number of hydrogen-bond donors (Lipinski definition) is 2. The first-order chi connectivity index (χ1) is 12.9. The molecule has 27 heavy (non-hydrogen) atoms. The lowest BCUT2D eigenvalue weighted by molar-refractivity contribution is -0.116. The van der Waals surface area contributed by atoms with E-state index in [-0.39, 0.29) is 15.9 Å². The second kappa shape index (κ2) is 7.93. The molecule has 142 valence electrons. The number of fused-ring (bicyclic) bond motifs is 1. The van der Waals surface area contributed by atoms with Gasteiger partial charge in [-0.2, -0.15) is 0 Å². The zero-order valence-electron chi connectivity index (χ0n) is 14.9. The lowest BCUT2D eigenvalue weighted by Crippen LogP contribution is -2.12. The summed E-state index contributed by atoms with van der Waals surface area (Å²) in [7, 11) is -2.23. The van der Waals surface area contributed by atoms with Crippen LogP contribution in [0.2, 0.25) is 0 Å². The topological polar surface area (TPSA) is 97.4 Å². The first-order valence-electron chi connectivity index (χ1n) is 8.29. The molecule has 1 heterocycles. The van der Waals surface area contributed by atoms with Gasteiger partial charge in [0.25, 0.3) is 10.0 Å². The van der Waals surface area contributed by atoms with Gasteiger partial charge in [0.05, 0.1) is 16.7 Å². The molecule has 3 aromatic rings. The van der Waals surface area contributed by atoms with Crippen LogP contribution in [0.15, 0.2) is 47.4 Å². The van der Waals surface area contributed by atoms with Crippen LogP contribution in [0, 0.1) is 0 Å². The minimum atomic E-state index is -3.73. The number of nitrogens with zero attached hydrogens (tertiary/aromatic N) is 1. The van der Waals surface area contributed by atoms with Crippen molar-refractivity contribution < 1.29 is 17.9 Å². The van der Waals surface area contributed by atoms with E-state index in [9.17, 15) is 13.2 Å². The Balaban J connectivity index is 1.93. The molecular formula is C18H19N3O4S2. The van der Waals surface area contributed by atoms with Gasteiger partial charge in [-0.15, -0.1) is 0 Å². The fraction of sp³-hybridized carbons (Fsp3) is 0.222. The maximum atomic E-state index is 12.5. The quantitative estimate of drug-likeness (QED) is 0.622. The number of hydrogen-bond acceptors (Lipinski definition) is 6. The summed E-state index contributed by atoms with van der Waals surface area (Å²) in [5.41, 5.74) is 1.11. The van der Waals surface area contributed by atoms with Crippen LogP contribution in [0.25, 0.3) is 10.2 Å². The number of benzene rings is 2. The zero-order chi connectivity index (χ0) is 19.4. The summed E-state index contributed by atoms with van der Waals surface area (Å²) in [5, 5.41) is 3.04. The minimum absolute atomic E-state index is 0.0894. The molecule has 1 aromatic heterocycles. The maximum absolute atomic E-state index is 12.5. The molecule has 0 atom stereocenters. The second-order valence-corrected chi connectivity index (χ2v) is 8.47. The number of amides is 1. The SMILES string of the molecule is CCCC(=O)Nc1cc(OC)c2nc(NS(=O)(=O)c3ccccc3)sc2c1. The number of sulfonamides is 1. The molecule has 9 heteroatoms. The lowest BCUT2D eigenvalue weighted by atomic mass is 10.2. The van der Waals surface area contributed by atoms with Crippen molar-refractivity contribution in [3.05, 3.63) is 42.5 Å². The number of thiazole rings is 1. The standard InChI is InChI=1S/C18H19N3O4S2/c1-3-7-16(22)19-12-10-14(25-2)17-15(11-12)26-18(20-17)21-27(23,24)13-8-5-4-6-9-13/h4-6,8-11H,3,7H2,1-2H3,(H,19,22)(H,20,21). The monoisotopic (exact) mass is 405 g/mol. The van der Waals surface area contributed by atoms with Crippen LogP contribution < -0.4 is 14.8 Å². The molecule has 0 bridgehead atoms. The molecule has 7 nitrogen and oxygen atoms in total. The largest absolute Gasteiger partial charge is 0.494 e. The predicted molar refractivity (Wildman–Crippen MR) is 107 cm³/mol. The first-order valence-corrected chi connectivity index (χ1v) is 10.6. The van der Waals surface area contributed by atoms with Crippen molar-refractivity contribution in [3.8, 4) is 5.75 Å². The third kappa shape index (κ3) is 4.37. The van der Waals surface area contributed by atoms with Gasteiger partial charge in [-0.1, -0.05) is 36.5 Å². The van der Waals surface area contributed by atoms with Crippen LogP contribution in [0.1, 0.15) is 19.8 Å². The molecule has 0 unspecified atom stereocenters. The van der Waals surface area contributed by atoms with Crippen molar-refractivity contribution in [2.24, 2.45) is 0 Å². The van der Waals surface area contributed by atoms with E-state index in [0.29, 0.717) is 28.1 Å². The lowest BCUT2D eigenvalue weighted by Gasteiger charge is -2.07. The van der Waals surface area contributed by atoms with Gasteiger partial charge in [0, 0.05) is 18.2 Å². The smallest absolute Gasteiger partial charge is 0.263 e. The second-order valence-electron chi connectivity index (χ2n) is 5.76. The molecule has 2 aromatic carbocycles. The van der Waals surface area contributed by atoms with Gasteiger partial charge in [-0.25, -0.2) is 13.4 Å². The van der Waals surface area contributed by atoms with E-state index in [1.54, 1.807) is 30.3 Å². The van der Waals surface area contributed by atoms with Gasteiger partial charge in [0.15, 0.2) is 5.13 Å². The summed E-state index contributed by atoms with van der Waals surface area (Å²) >= 11 is 1.17. The Bertz CT molecular complexity index is 1060. The maximum Gasteiger partial charge on any atom is 0.263 e. The van der Waals surface area contributed by atoms with Gasteiger partial charge in [-0.05, 0) is 24.6 Å². The van der Waals surface area contributed by atoms with E-state index in [0.717, 1.165) is 6.42 Å². The molecule has 1 amide bonds. The van der Waals surface area contributed by atoms with E-state index < -0.39 is 10.0 Å². The van der Waals surface area contributed by atoms with Gasteiger partial charge in [0.2, 0.25) is 5.91 Å². The van der Waals surface area contributed by atoms with Crippen molar-refractivity contribution in [2.75, 3.05) is 17.1 Å². The summed E-state index contributed by atoms with van der Waals surface area (Å²) in [4.78, 5) is 16.3. The Morgan fingerprint density at radius 2 is 1.96 bits per heavy atom. The Morgan fingerprint density at radius 1 is 1.22 bits per heavy atom. The normalized spacial score (nSPS) is 11.3. The van der Waals surface area contributed by atoms with Crippen LogP contribution in [0.5, 0.6) is 5.75 Å². The van der Waals surface area contributed by atoms with E-state index >= 15 is 0 Å². The summed E-state index contributed by atoms with van der Waals surface area (Å²) < 4.78 is 33.5. The van der Waals surface area contributed by atoms with Crippen molar-refractivity contribution >= 4 is 48.3 Å². The van der Waals surface area contributed by atoms with E-state index in [2.05, 4.69) is 15.0 Å². The number of aromatic nitrogens is 1. The van der Waals surface area contributed by atoms with Crippen LogP contribution in [-0.2, 0) is 14.8 Å². The Hall–Kier alpha value is -2.65. The highest BCUT2D eigenvalue weighted by atomic mass is 32.2. The van der Waals surface area contributed by atoms with E-state index in [1.807, 2.05) is 6.92 Å². The van der Waals surface area contributed by atoms with E-state index in [1.165, 1.54) is 30.6 Å². The summed E-state index contributed by atoms with van der Waals surface area (Å²) in [6, 6.07) is 11.5. The molecule has 2 N–H and O–H groups in total. The van der Waals surface area contributed by atoms with Gasteiger partial charge < -0.3 is 10.1 Å². The Morgan fingerprint density at radius 3 is 2.63 bits per heavy atom. The van der Waals surface area contributed by atoms with Crippen molar-refractivity contribution in [2.45, 2.75) is 24.7 Å². The summed E-state index contributed by atoms with van der Waals surface area (Å²) in [6.07, 6.45) is 1.17. The van der Waals surface area contributed by atoms with Crippen LogP contribution in [0.4, 0.5) is 10.8 Å². The molecule has 0 spiro atoms. The summed E-state index contributed by atoms with van der Waals surface area (Å²) in [6.45, 7) is 1.93. The van der Waals surface area contributed by atoms with Gasteiger partial charge in [-0.3, -0.25) is 9.52 Å². The Kier molecular flexibility index (Phi) is 5.62. The molecule has 0 aliphatic rings. The highest BCUT2D eigenvalue weighted by Gasteiger charge is 2.18. The highest BCUT2D eigenvalue weighted by Crippen LogP contribution is 2.36. The zero-order valence-corrected chi connectivity index (χ0v) is 16.5. The summed E-state index contributed by atoms with van der Waals surface area (Å²) in [5.74, 6) is 0.370. The number of nitrogens with one attached hydrogen (secondary N) is 2. The van der Waals surface area contributed by atoms with Crippen molar-refractivity contribution in [1.82, 2.24) is 4.98 Å². The first kappa shape index (κ1) is 19.1. The number of ether oxygens (including phenoxy) is 1. The van der Waals surface area contributed by atoms with Gasteiger partial charge >= 0.3 is 0 Å². The molecule has 0 aliphatic heterocycles. The predicted octanol–water partition coefficient (Wildman–Crippen LogP) is 3.84. The van der Waals surface area contributed by atoms with Crippen molar-refractivity contribution in [3.63, 3.8) is 0 Å². The number of anilines is 2.